The summed E-state index contributed by atoms with van der Waals surface area (Å²) in [5, 5.41) is 6.71. The SMILES string of the molecule is CCCCOCCOCCNC(=NC)NCC1CCCN1CC.I. The van der Waals surface area contributed by atoms with Crippen molar-refractivity contribution in [2.75, 3.05) is 59.7 Å². The Morgan fingerprint density at radius 2 is 1.88 bits per heavy atom. The van der Waals surface area contributed by atoms with Gasteiger partial charge >= 0.3 is 0 Å². The monoisotopic (exact) mass is 456 g/mol. The average Bonchev–Trinajstić information content (AvgIpc) is 3.03. The fourth-order valence-corrected chi connectivity index (χ4v) is 2.79. The van der Waals surface area contributed by atoms with Gasteiger partial charge in [0.15, 0.2) is 5.96 Å². The van der Waals surface area contributed by atoms with Crippen LogP contribution in [0.3, 0.4) is 0 Å². The molecule has 0 amide bonds. The summed E-state index contributed by atoms with van der Waals surface area (Å²) in [6.07, 6.45) is 4.88. The van der Waals surface area contributed by atoms with E-state index in [1.165, 1.54) is 25.8 Å². The highest BCUT2D eigenvalue weighted by atomic mass is 127. The molecular formula is C17H37IN4O2. The van der Waals surface area contributed by atoms with Gasteiger partial charge in [-0.15, -0.1) is 24.0 Å². The number of hydrogen-bond donors (Lipinski definition) is 2. The maximum atomic E-state index is 5.54. The predicted molar refractivity (Wildman–Crippen MR) is 112 cm³/mol. The van der Waals surface area contributed by atoms with Crippen molar-refractivity contribution in [3.63, 3.8) is 0 Å². The molecule has 0 spiro atoms. The summed E-state index contributed by atoms with van der Waals surface area (Å²) in [6.45, 7) is 11.3. The van der Waals surface area contributed by atoms with Gasteiger partial charge in [0, 0.05) is 32.8 Å². The van der Waals surface area contributed by atoms with Gasteiger partial charge in [0.05, 0.1) is 19.8 Å². The summed E-state index contributed by atoms with van der Waals surface area (Å²) in [5.41, 5.74) is 0. The first-order valence-corrected chi connectivity index (χ1v) is 9.15. The van der Waals surface area contributed by atoms with Crippen molar-refractivity contribution < 1.29 is 9.47 Å². The fraction of sp³-hybridized carbons (Fsp3) is 0.941. The van der Waals surface area contributed by atoms with Gasteiger partial charge in [0.1, 0.15) is 0 Å². The molecule has 1 aliphatic heterocycles. The number of likely N-dealkylation sites (N-methyl/N-ethyl adjacent to an activating group) is 1. The van der Waals surface area contributed by atoms with Gasteiger partial charge in [-0.2, -0.15) is 0 Å². The second kappa shape index (κ2) is 16.4. The average molecular weight is 456 g/mol. The first-order chi connectivity index (χ1) is 11.3. The molecule has 6 nitrogen and oxygen atoms in total. The van der Waals surface area contributed by atoms with Gasteiger partial charge in [0.25, 0.3) is 0 Å². The molecule has 0 radical (unpaired) electrons. The van der Waals surface area contributed by atoms with Crippen molar-refractivity contribution in [2.45, 2.75) is 45.6 Å². The molecule has 1 aliphatic rings. The highest BCUT2D eigenvalue weighted by molar-refractivity contribution is 14.0. The van der Waals surface area contributed by atoms with E-state index >= 15 is 0 Å². The van der Waals surface area contributed by atoms with Crippen LogP contribution in [0, 0.1) is 0 Å². The molecule has 2 N–H and O–H groups in total. The van der Waals surface area contributed by atoms with Gasteiger partial charge in [-0.25, -0.2) is 0 Å². The highest BCUT2D eigenvalue weighted by Crippen LogP contribution is 2.15. The van der Waals surface area contributed by atoms with Crippen LogP contribution in [0.5, 0.6) is 0 Å². The van der Waals surface area contributed by atoms with Gasteiger partial charge in [0.2, 0.25) is 0 Å². The van der Waals surface area contributed by atoms with E-state index in [9.17, 15) is 0 Å². The molecule has 144 valence electrons. The van der Waals surface area contributed by atoms with Gasteiger partial charge < -0.3 is 20.1 Å². The Kier molecular flexibility index (Phi) is 16.3. The predicted octanol–water partition coefficient (Wildman–Crippen LogP) is 2.09. The number of aliphatic imine (C=N–C) groups is 1. The second-order valence-corrected chi connectivity index (χ2v) is 5.88. The quantitative estimate of drug-likeness (QED) is 0.204. The molecule has 1 heterocycles. The number of hydrogen-bond acceptors (Lipinski definition) is 4. The normalized spacial score (nSPS) is 18.5. The number of likely N-dealkylation sites (tertiary alicyclic amines) is 1. The van der Waals surface area contributed by atoms with Crippen molar-refractivity contribution in [1.29, 1.82) is 0 Å². The van der Waals surface area contributed by atoms with E-state index in [0.717, 1.165) is 38.6 Å². The first-order valence-electron chi connectivity index (χ1n) is 9.15. The lowest BCUT2D eigenvalue weighted by Crippen LogP contribution is -2.45. The lowest BCUT2D eigenvalue weighted by Gasteiger charge is -2.23. The Hall–Kier alpha value is -0.120. The highest BCUT2D eigenvalue weighted by Gasteiger charge is 2.22. The van der Waals surface area contributed by atoms with Gasteiger partial charge in [-0.05, 0) is 32.4 Å². The van der Waals surface area contributed by atoms with E-state index in [0.29, 0.717) is 25.9 Å². The number of ether oxygens (including phenoxy) is 2. The summed E-state index contributed by atoms with van der Waals surface area (Å²) in [4.78, 5) is 6.79. The second-order valence-electron chi connectivity index (χ2n) is 5.88. The van der Waals surface area contributed by atoms with Crippen molar-refractivity contribution in [2.24, 2.45) is 4.99 Å². The smallest absolute Gasteiger partial charge is 0.191 e. The van der Waals surface area contributed by atoms with Crippen LogP contribution in [0.1, 0.15) is 39.5 Å². The van der Waals surface area contributed by atoms with Crippen LogP contribution >= 0.6 is 24.0 Å². The third-order valence-corrected chi connectivity index (χ3v) is 4.19. The maximum absolute atomic E-state index is 5.54. The van der Waals surface area contributed by atoms with Crippen LogP contribution in [-0.2, 0) is 9.47 Å². The molecule has 1 saturated heterocycles. The van der Waals surface area contributed by atoms with Crippen LogP contribution in [0.4, 0.5) is 0 Å². The number of halogens is 1. The van der Waals surface area contributed by atoms with Crippen LogP contribution in [0.2, 0.25) is 0 Å². The van der Waals surface area contributed by atoms with Crippen LogP contribution < -0.4 is 10.6 Å². The molecule has 0 saturated carbocycles. The van der Waals surface area contributed by atoms with E-state index in [2.05, 4.69) is 34.4 Å². The summed E-state index contributed by atoms with van der Waals surface area (Å²) < 4.78 is 11.0. The Morgan fingerprint density at radius 3 is 2.54 bits per heavy atom. The molecule has 1 rings (SSSR count). The number of rotatable bonds is 12. The van der Waals surface area contributed by atoms with Crippen molar-refractivity contribution >= 4 is 29.9 Å². The first kappa shape index (κ1) is 23.9. The standard InChI is InChI=1S/C17H36N4O2.HI/c1-4-6-11-22-13-14-23-12-9-19-17(18-3)20-15-16-8-7-10-21(16)5-2;/h16H,4-15H2,1-3H3,(H2,18,19,20);1H. The van der Waals surface area contributed by atoms with Gasteiger partial charge in [-0.3, -0.25) is 9.89 Å². The molecule has 0 aromatic carbocycles. The minimum Gasteiger partial charge on any atom is -0.379 e. The molecule has 0 bridgehead atoms. The molecule has 24 heavy (non-hydrogen) atoms. The molecular weight excluding hydrogens is 419 g/mol. The molecule has 0 aromatic heterocycles. The number of unbranched alkanes of at least 4 members (excludes halogenated alkanes) is 1. The number of nitrogens with zero attached hydrogens (tertiary/aromatic N) is 2. The Bertz CT molecular complexity index is 319. The van der Waals surface area contributed by atoms with Gasteiger partial charge in [-0.1, -0.05) is 20.3 Å². The molecule has 1 unspecified atom stereocenters. The summed E-state index contributed by atoms with van der Waals surface area (Å²) in [6, 6.07) is 0.634. The maximum Gasteiger partial charge on any atom is 0.191 e. The van der Waals surface area contributed by atoms with Crippen molar-refractivity contribution in [3.05, 3.63) is 0 Å². The van der Waals surface area contributed by atoms with Crippen molar-refractivity contribution in [1.82, 2.24) is 15.5 Å². The zero-order valence-corrected chi connectivity index (χ0v) is 18.0. The number of guanidine groups is 1. The molecule has 1 fully saturated rings. The molecule has 1 atom stereocenters. The third kappa shape index (κ3) is 10.7. The van der Waals surface area contributed by atoms with Crippen molar-refractivity contribution in [3.8, 4) is 0 Å². The Labute approximate surface area is 165 Å². The molecule has 0 aromatic rings. The minimum absolute atomic E-state index is 0. The topological polar surface area (TPSA) is 58.1 Å². The Morgan fingerprint density at radius 1 is 1.12 bits per heavy atom. The van der Waals surface area contributed by atoms with E-state index in [1.54, 1.807) is 0 Å². The van der Waals surface area contributed by atoms with Crippen LogP contribution in [-0.4, -0.2) is 76.6 Å². The zero-order chi connectivity index (χ0) is 16.8. The summed E-state index contributed by atoms with van der Waals surface area (Å²) >= 11 is 0. The fourth-order valence-electron chi connectivity index (χ4n) is 2.79. The van der Waals surface area contributed by atoms with E-state index < -0.39 is 0 Å². The molecule has 7 heteroatoms. The number of nitrogens with one attached hydrogen (secondary N) is 2. The molecule has 0 aliphatic carbocycles. The third-order valence-electron chi connectivity index (χ3n) is 4.19. The lowest BCUT2D eigenvalue weighted by molar-refractivity contribution is 0.0487. The Balaban J connectivity index is 0.00000529. The zero-order valence-electron chi connectivity index (χ0n) is 15.7. The summed E-state index contributed by atoms with van der Waals surface area (Å²) in [7, 11) is 1.81. The van der Waals surface area contributed by atoms with Crippen LogP contribution in [0.25, 0.3) is 0 Å². The minimum atomic E-state index is 0. The summed E-state index contributed by atoms with van der Waals surface area (Å²) in [5.74, 6) is 0.857. The lowest BCUT2D eigenvalue weighted by atomic mass is 10.2. The van der Waals surface area contributed by atoms with E-state index in [1.807, 2.05) is 7.05 Å². The van der Waals surface area contributed by atoms with E-state index in [-0.39, 0.29) is 24.0 Å². The van der Waals surface area contributed by atoms with Crippen LogP contribution in [0.15, 0.2) is 4.99 Å². The largest absolute Gasteiger partial charge is 0.379 e. The van der Waals surface area contributed by atoms with E-state index in [4.69, 9.17) is 9.47 Å².